The third-order valence-corrected chi connectivity index (χ3v) is 4.06. The van der Waals surface area contributed by atoms with Crippen LogP contribution >= 0.6 is 35.3 Å². The molecule has 0 atom stereocenters. The van der Waals surface area contributed by atoms with Gasteiger partial charge in [0.05, 0.1) is 17.2 Å². The largest absolute Gasteiger partial charge is 0.352 e. The van der Waals surface area contributed by atoms with Gasteiger partial charge in [0, 0.05) is 18.5 Å². The number of nitrogens with one attached hydrogen (secondary N) is 2. The van der Waals surface area contributed by atoms with Crippen LogP contribution in [0.5, 0.6) is 0 Å². The number of rotatable bonds is 4. The number of aryl methyl sites for hydroxylation is 2. The van der Waals surface area contributed by atoms with Crippen LogP contribution in [0.4, 0.5) is 4.39 Å². The van der Waals surface area contributed by atoms with Crippen molar-refractivity contribution in [2.75, 3.05) is 7.05 Å². The van der Waals surface area contributed by atoms with Crippen LogP contribution in [0.3, 0.4) is 0 Å². The molecule has 22 heavy (non-hydrogen) atoms. The fourth-order valence-corrected chi connectivity index (χ4v) is 2.83. The highest BCUT2D eigenvalue weighted by molar-refractivity contribution is 14.0. The van der Waals surface area contributed by atoms with E-state index in [0.29, 0.717) is 19.0 Å². The summed E-state index contributed by atoms with van der Waals surface area (Å²) in [5.74, 6) is 0.456. The van der Waals surface area contributed by atoms with Crippen molar-refractivity contribution >= 4 is 41.3 Å². The maximum absolute atomic E-state index is 13.1. The van der Waals surface area contributed by atoms with E-state index >= 15 is 0 Å². The molecule has 0 amide bonds. The van der Waals surface area contributed by atoms with E-state index in [9.17, 15) is 4.39 Å². The van der Waals surface area contributed by atoms with Gasteiger partial charge in [-0.1, -0.05) is 12.1 Å². The van der Waals surface area contributed by atoms with Gasteiger partial charge in [-0.05, 0) is 31.5 Å². The maximum atomic E-state index is 13.1. The first-order valence-electron chi connectivity index (χ1n) is 6.70. The Hall–Kier alpha value is -1.22. The second-order valence-corrected chi connectivity index (χ2v) is 5.94. The summed E-state index contributed by atoms with van der Waals surface area (Å²) in [6.07, 6.45) is 0. The molecule has 1 aromatic carbocycles. The highest BCUT2D eigenvalue weighted by atomic mass is 127. The Balaban J connectivity index is 0.00000242. The van der Waals surface area contributed by atoms with E-state index in [-0.39, 0.29) is 29.8 Å². The topological polar surface area (TPSA) is 49.3 Å². The summed E-state index contributed by atoms with van der Waals surface area (Å²) in [6, 6.07) is 6.52. The number of guanidine groups is 1. The Bertz CT molecular complexity index is 642. The standard InChI is InChI=1S/C15H19FN4S.HI/c1-10-14(21-11(2)20-10)9-19-15(17-3)18-8-12-5-4-6-13(16)7-12;/h4-7H,8-9H2,1-3H3,(H2,17,18,19);1H. The van der Waals surface area contributed by atoms with Crippen molar-refractivity contribution in [1.82, 2.24) is 15.6 Å². The lowest BCUT2D eigenvalue weighted by molar-refractivity contribution is 0.624. The van der Waals surface area contributed by atoms with Gasteiger partial charge in [-0.25, -0.2) is 9.37 Å². The van der Waals surface area contributed by atoms with E-state index in [4.69, 9.17) is 0 Å². The number of halogens is 2. The average molecular weight is 434 g/mol. The van der Waals surface area contributed by atoms with Gasteiger partial charge in [0.25, 0.3) is 0 Å². The summed E-state index contributed by atoms with van der Waals surface area (Å²) >= 11 is 1.68. The number of thiazole rings is 1. The van der Waals surface area contributed by atoms with Crippen molar-refractivity contribution in [2.45, 2.75) is 26.9 Å². The third kappa shape index (κ3) is 5.53. The smallest absolute Gasteiger partial charge is 0.191 e. The van der Waals surface area contributed by atoms with E-state index in [1.807, 2.05) is 19.9 Å². The quantitative estimate of drug-likeness (QED) is 0.441. The molecule has 0 aliphatic carbocycles. The summed E-state index contributed by atoms with van der Waals surface area (Å²) in [4.78, 5) is 9.75. The van der Waals surface area contributed by atoms with Crippen molar-refractivity contribution in [1.29, 1.82) is 0 Å². The lowest BCUT2D eigenvalue weighted by Gasteiger charge is -2.11. The highest BCUT2D eigenvalue weighted by Gasteiger charge is 2.06. The predicted molar refractivity (Wildman–Crippen MR) is 100 cm³/mol. The van der Waals surface area contributed by atoms with Crippen LogP contribution in [0.1, 0.15) is 21.1 Å². The molecule has 0 unspecified atom stereocenters. The summed E-state index contributed by atoms with van der Waals surface area (Å²) in [6.45, 7) is 5.21. The Kier molecular flexibility index (Phi) is 7.74. The number of benzene rings is 1. The minimum Gasteiger partial charge on any atom is -0.352 e. The van der Waals surface area contributed by atoms with Gasteiger partial charge in [-0.3, -0.25) is 4.99 Å². The first kappa shape index (κ1) is 18.8. The first-order chi connectivity index (χ1) is 10.1. The molecule has 0 aliphatic rings. The molecular weight excluding hydrogens is 414 g/mol. The Morgan fingerprint density at radius 3 is 2.59 bits per heavy atom. The maximum Gasteiger partial charge on any atom is 0.191 e. The fraction of sp³-hybridized carbons (Fsp3) is 0.333. The molecule has 0 spiro atoms. The van der Waals surface area contributed by atoms with Crippen molar-refractivity contribution < 1.29 is 4.39 Å². The highest BCUT2D eigenvalue weighted by Crippen LogP contribution is 2.16. The lowest BCUT2D eigenvalue weighted by Crippen LogP contribution is -2.36. The third-order valence-electron chi connectivity index (χ3n) is 2.99. The minimum atomic E-state index is -0.229. The summed E-state index contributed by atoms with van der Waals surface area (Å²) in [5.41, 5.74) is 1.92. The predicted octanol–water partition coefficient (Wildman–Crippen LogP) is 3.38. The fourth-order valence-electron chi connectivity index (χ4n) is 1.95. The van der Waals surface area contributed by atoms with E-state index < -0.39 is 0 Å². The molecule has 1 heterocycles. The Morgan fingerprint density at radius 2 is 2.00 bits per heavy atom. The Morgan fingerprint density at radius 1 is 1.27 bits per heavy atom. The van der Waals surface area contributed by atoms with Gasteiger partial charge in [0.1, 0.15) is 5.82 Å². The van der Waals surface area contributed by atoms with E-state index in [0.717, 1.165) is 16.3 Å². The molecule has 7 heteroatoms. The Labute approximate surface area is 151 Å². The second kappa shape index (κ2) is 9.04. The number of aromatic nitrogens is 1. The molecule has 0 bridgehead atoms. The zero-order chi connectivity index (χ0) is 15.2. The molecular formula is C15H20FIN4S. The van der Waals surface area contributed by atoms with Crippen LogP contribution in [0.2, 0.25) is 0 Å². The van der Waals surface area contributed by atoms with Crippen LogP contribution in [0, 0.1) is 19.7 Å². The van der Waals surface area contributed by atoms with Crippen LogP contribution in [0.15, 0.2) is 29.3 Å². The molecule has 2 rings (SSSR count). The average Bonchev–Trinajstić information content (AvgIpc) is 2.77. The summed E-state index contributed by atoms with van der Waals surface area (Å²) in [5, 5.41) is 7.47. The lowest BCUT2D eigenvalue weighted by atomic mass is 10.2. The first-order valence-corrected chi connectivity index (χ1v) is 7.52. The SMILES string of the molecule is CN=C(NCc1cccc(F)c1)NCc1sc(C)nc1C.I. The van der Waals surface area contributed by atoms with Gasteiger partial charge in [0.2, 0.25) is 0 Å². The molecule has 0 fully saturated rings. The molecule has 0 aliphatic heterocycles. The molecule has 0 saturated carbocycles. The van der Waals surface area contributed by atoms with Gasteiger partial charge in [-0.15, -0.1) is 35.3 Å². The van der Waals surface area contributed by atoms with Crippen LogP contribution < -0.4 is 10.6 Å². The van der Waals surface area contributed by atoms with Crippen molar-refractivity contribution in [3.63, 3.8) is 0 Å². The van der Waals surface area contributed by atoms with Gasteiger partial charge in [-0.2, -0.15) is 0 Å². The van der Waals surface area contributed by atoms with Gasteiger partial charge < -0.3 is 10.6 Å². The number of hydrogen-bond donors (Lipinski definition) is 2. The normalized spacial score (nSPS) is 11.0. The molecule has 1 aromatic heterocycles. The van der Waals surface area contributed by atoms with Crippen LogP contribution in [0.25, 0.3) is 0 Å². The van der Waals surface area contributed by atoms with E-state index in [1.165, 1.54) is 17.0 Å². The van der Waals surface area contributed by atoms with Crippen molar-refractivity contribution in [3.8, 4) is 0 Å². The molecule has 0 saturated heterocycles. The van der Waals surface area contributed by atoms with E-state index in [1.54, 1.807) is 24.5 Å². The van der Waals surface area contributed by atoms with Crippen molar-refractivity contribution in [3.05, 3.63) is 51.2 Å². The zero-order valence-electron chi connectivity index (χ0n) is 12.8. The summed E-state index contributed by atoms with van der Waals surface area (Å²) in [7, 11) is 1.71. The molecule has 0 radical (unpaired) electrons. The molecule has 2 aromatic rings. The number of hydrogen-bond acceptors (Lipinski definition) is 3. The van der Waals surface area contributed by atoms with E-state index in [2.05, 4.69) is 20.6 Å². The second-order valence-electron chi connectivity index (χ2n) is 4.65. The molecule has 120 valence electrons. The number of aliphatic imine (C=N–C) groups is 1. The molecule has 2 N–H and O–H groups in total. The van der Waals surface area contributed by atoms with Crippen LogP contribution in [-0.4, -0.2) is 18.0 Å². The minimum absolute atomic E-state index is 0. The summed E-state index contributed by atoms with van der Waals surface area (Å²) < 4.78 is 13.1. The monoisotopic (exact) mass is 434 g/mol. The van der Waals surface area contributed by atoms with Crippen LogP contribution in [-0.2, 0) is 13.1 Å². The molecule has 4 nitrogen and oxygen atoms in total. The van der Waals surface area contributed by atoms with Gasteiger partial charge in [0.15, 0.2) is 5.96 Å². The van der Waals surface area contributed by atoms with Gasteiger partial charge >= 0.3 is 0 Å². The van der Waals surface area contributed by atoms with Crippen molar-refractivity contribution in [2.24, 2.45) is 4.99 Å². The zero-order valence-corrected chi connectivity index (χ0v) is 16.0. The number of nitrogens with zero attached hydrogens (tertiary/aromatic N) is 2.